The van der Waals surface area contributed by atoms with E-state index in [1.807, 2.05) is 6.92 Å². The number of piperidine rings is 1. The lowest BCUT2D eigenvalue weighted by molar-refractivity contribution is -0.199. The van der Waals surface area contributed by atoms with E-state index < -0.39 is 6.29 Å². The molecule has 0 amide bonds. The number of fused-ring (bicyclic) bond motifs is 3. The predicted molar refractivity (Wildman–Crippen MR) is 54.2 cm³/mol. The molecule has 4 heteroatoms. The average molecular weight is 213 g/mol. The summed E-state index contributed by atoms with van der Waals surface area (Å²) in [5.41, 5.74) is 0. The molecule has 1 N–H and O–H groups in total. The molecule has 3 aliphatic heterocycles. The monoisotopic (exact) mass is 213 g/mol. The fourth-order valence-corrected chi connectivity index (χ4v) is 3.19. The lowest BCUT2D eigenvalue weighted by atomic mass is 9.98. The summed E-state index contributed by atoms with van der Waals surface area (Å²) in [6.07, 6.45) is 4.21. The van der Waals surface area contributed by atoms with Gasteiger partial charge in [0.05, 0.1) is 6.10 Å². The Balaban J connectivity index is 1.79. The van der Waals surface area contributed by atoms with Crippen molar-refractivity contribution in [3.63, 3.8) is 0 Å². The van der Waals surface area contributed by atoms with Gasteiger partial charge in [0.15, 0.2) is 6.29 Å². The lowest BCUT2D eigenvalue weighted by Crippen LogP contribution is -2.50. The summed E-state index contributed by atoms with van der Waals surface area (Å²) in [5, 5.41) is 9.61. The third kappa shape index (κ3) is 1.60. The SMILES string of the molecule is C[C@@H]1OC(O)CC2C1O[C@@H]1CCCCN21. The van der Waals surface area contributed by atoms with Gasteiger partial charge in [-0.1, -0.05) is 0 Å². The molecule has 0 aliphatic carbocycles. The molecule has 3 aliphatic rings. The molecule has 0 spiro atoms. The second kappa shape index (κ2) is 3.70. The van der Waals surface area contributed by atoms with Crippen LogP contribution < -0.4 is 0 Å². The second-order valence-electron chi connectivity index (χ2n) is 4.89. The van der Waals surface area contributed by atoms with E-state index in [0.29, 0.717) is 12.5 Å². The minimum atomic E-state index is -0.606. The van der Waals surface area contributed by atoms with Crippen molar-refractivity contribution >= 4 is 0 Å². The van der Waals surface area contributed by atoms with Crippen LogP contribution in [-0.4, -0.2) is 47.3 Å². The minimum Gasteiger partial charge on any atom is -0.368 e. The van der Waals surface area contributed by atoms with Gasteiger partial charge in [0.25, 0.3) is 0 Å². The Morgan fingerprint density at radius 2 is 2.13 bits per heavy atom. The van der Waals surface area contributed by atoms with E-state index in [9.17, 15) is 5.11 Å². The van der Waals surface area contributed by atoms with Crippen molar-refractivity contribution in [2.24, 2.45) is 0 Å². The minimum absolute atomic E-state index is 0.0179. The van der Waals surface area contributed by atoms with Gasteiger partial charge in [0, 0.05) is 19.0 Å². The summed E-state index contributed by atoms with van der Waals surface area (Å²) >= 11 is 0. The highest BCUT2D eigenvalue weighted by atomic mass is 16.6. The summed E-state index contributed by atoms with van der Waals surface area (Å²) in [5.74, 6) is 0. The van der Waals surface area contributed by atoms with Crippen molar-refractivity contribution in [1.82, 2.24) is 4.90 Å². The van der Waals surface area contributed by atoms with Crippen molar-refractivity contribution in [1.29, 1.82) is 0 Å². The van der Waals surface area contributed by atoms with Crippen molar-refractivity contribution in [2.45, 2.75) is 63.4 Å². The van der Waals surface area contributed by atoms with Crippen molar-refractivity contribution in [2.75, 3.05) is 6.54 Å². The largest absolute Gasteiger partial charge is 0.368 e. The number of rotatable bonds is 0. The van der Waals surface area contributed by atoms with E-state index in [4.69, 9.17) is 9.47 Å². The first-order valence-electron chi connectivity index (χ1n) is 6.00. The van der Waals surface area contributed by atoms with E-state index >= 15 is 0 Å². The lowest BCUT2D eigenvalue weighted by Gasteiger charge is -2.37. The third-order valence-electron chi connectivity index (χ3n) is 3.88. The Kier molecular flexibility index (Phi) is 2.47. The molecular formula is C11H19NO3. The van der Waals surface area contributed by atoms with Gasteiger partial charge < -0.3 is 14.6 Å². The zero-order valence-corrected chi connectivity index (χ0v) is 9.13. The molecule has 3 saturated heterocycles. The highest BCUT2D eigenvalue weighted by Gasteiger charge is 2.49. The first-order valence-corrected chi connectivity index (χ1v) is 6.00. The number of hydrogen-bond donors (Lipinski definition) is 1. The van der Waals surface area contributed by atoms with Crippen LogP contribution in [0.2, 0.25) is 0 Å². The van der Waals surface area contributed by atoms with E-state index in [-0.39, 0.29) is 18.4 Å². The molecule has 0 aromatic carbocycles. The van der Waals surface area contributed by atoms with Gasteiger partial charge in [-0.15, -0.1) is 0 Å². The summed E-state index contributed by atoms with van der Waals surface area (Å²) in [6.45, 7) is 3.11. The first-order chi connectivity index (χ1) is 7.25. The molecule has 3 fully saturated rings. The molecule has 3 heterocycles. The maximum Gasteiger partial charge on any atom is 0.156 e. The number of nitrogens with zero attached hydrogens (tertiary/aromatic N) is 1. The maximum absolute atomic E-state index is 9.61. The summed E-state index contributed by atoms with van der Waals surface area (Å²) < 4.78 is 11.4. The van der Waals surface area contributed by atoms with Crippen LogP contribution in [0.25, 0.3) is 0 Å². The first kappa shape index (κ1) is 10.0. The number of ether oxygens (including phenoxy) is 2. The zero-order valence-electron chi connectivity index (χ0n) is 9.13. The summed E-state index contributed by atoms with van der Waals surface area (Å²) in [4.78, 5) is 2.43. The van der Waals surface area contributed by atoms with Gasteiger partial charge in [-0.2, -0.15) is 0 Å². The van der Waals surface area contributed by atoms with Crippen LogP contribution in [-0.2, 0) is 9.47 Å². The number of aliphatic hydroxyl groups is 1. The molecule has 4 nitrogen and oxygen atoms in total. The fourth-order valence-electron chi connectivity index (χ4n) is 3.19. The van der Waals surface area contributed by atoms with Crippen LogP contribution in [0.5, 0.6) is 0 Å². The van der Waals surface area contributed by atoms with Crippen LogP contribution >= 0.6 is 0 Å². The molecule has 15 heavy (non-hydrogen) atoms. The molecule has 0 radical (unpaired) electrons. The predicted octanol–water partition coefficient (Wildman–Crippen LogP) is 0.693. The Bertz CT molecular complexity index is 246. The Morgan fingerprint density at radius 1 is 1.27 bits per heavy atom. The Morgan fingerprint density at radius 3 is 3.00 bits per heavy atom. The van der Waals surface area contributed by atoms with Crippen LogP contribution in [0.1, 0.15) is 32.6 Å². The van der Waals surface area contributed by atoms with Crippen LogP contribution in [0.15, 0.2) is 0 Å². The zero-order chi connectivity index (χ0) is 10.4. The summed E-state index contributed by atoms with van der Waals surface area (Å²) in [7, 11) is 0. The normalized spacial score (nSPS) is 51.2. The fraction of sp³-hybridized carbons (Fsp3) is 1.00. The third-order valence-corrected chi connectivity index (χ3v) is 3.88. The standard InChI is InChI=1S/C11H19NO3/c1-7-11-8(6-10(13)14-7)12-5-3-2-4-9(12)15-11/h7-11,13H,2-6H2,1H3/t7-,8?,9+,10?,11?/m0/s1. The van der Waals surface area contributed by atoms with E-state index in [0.717, 1.165) is 13.0 Å². The highest BCUT2D eigenvalue weighted by molar-refractivity contribution is 4.96. The number of hydrogen-bond acceptors (Lipinski definition) is 4. The Labute approximate surface area is 90.2 Å². The molecule has 0 saturated carbocycles. The van der Waals surface area contributed by atoms with Gasteiger partial charge in [0.1, 0.15) is 12.3 Å². The van der Waals surface area contributed by atoms with Gasteiger partial charge in [-0.05, 0) is 26.2 Å². The van der Waals surface area contributed by atoms with Gasteiger partial charge >= 0.3 is 0 Å². The molecule has 3 rings (SSSR count). The molecular weight excluding hydrogens is 194 g/mol. The molecule has 0 aromatic heterocycles. The number of aliphatic hydroxyl groups excluding tert-OH is 1. The second-order valence-corrected chi connectivity index (χ2v) is 4.89. The molecule has 0 bridgehead atoms. The maximum atomic E-state index is 9.61. The van der Waals surface area contributed by atoms with Crippen molar-refractivity contribution in [3.05, 3.63) is 0 Å². The smallest absolute Gasteiger partial charge is 0.156 e. The van der Waals surface area contributed by atoms with Gasteiger partial charge in [-0.3, -0.25) is 4.90 Å². The van der Waals surface area contributed by atoms with E-state index in [1.165, 1.54) is 12.8 Å². The average Bonchev–Trinajstić information content (AvgIpc) is 2.57. The topological polar surface area (TPSA) is 41.9 Å². The Hall–Kier alpha value is -0.160. The van der Waals surface area contributed by atoms with E-state index in [2.05, 4.69) is 4.90 Å². The van der Waals surface area contributed by atoms with Crippen LogP contribution in [0.4, 0.5) is 0 Å². The van der Waals surface area contributed by atoms with Crippen molar-refractivity contribution in [3.8, 4) is 0 Å². The highest BCUT2D eigenvalue weighted by Crippen LogP contribution is 2.37. The quantitative estimate of drug-likeness (QED) is 0.643. The molecule has 3 unspecified atom stereocenters. The van der Waals surface area contributed by atoms with E-state index in [1.54, 1.807) is 0 Å². The summed E-state index contributed by atoms with van der Waals surface area (Å²) in [6, 6.07) is 0.369. The molecule has 86 valence electrons. The van der Waals surface area contributed by atoms with Gasteiger partial charge in [0.2, 0.25) is 0 Å². The van der Waals surface area contributed by atoms with Crippen LogP contribution in [0, 0.1) is 0 Å². The molecule has 0 aromatic rings. The molecule has 5 atom stereocenters. The van der Waals surface area contributed by atoms with Crippen molar-refractivity contribution < 1.29 is 14.6 Å². The van der Waals surface area contributed by atoms with Gasteiger partial charge in [-0.25, -0.2) is 0 Å². The van der Waals surface area contributed by atoms with Crippen LogP contribution in [0.3, 0.4) is 0 Å².